The molecule has 0 radical (unpaired) electrons. The van der Waals surface area contributed by atoms with Crippen molar-refractivity contribution in [3.8, 4) is 0 Å². The van der Waals surface area contributed by atoms with Crippen LogP contribution >= 0.6 is 0 Å². The number of nitrogens with two attached hydrogens (primary N) is 1. The lowest BCUT2D eigenvalue weighted by atomic mass is 10.1. The van der Waals surface area contributed by atoms with Crippen molar-refractivity contribution in [2.75, 3.05) is 19.7 Å². The summed E-state index contributed by atoms with van der Waals surface area (Å²) in [5, 5.41) is 9.79. The molecule has 0 atom stereocenters. The lowest BCUT2D eigenvalue weighted by molar-refractivity contribution is 0.0937. The van der Waals surface area contributed by atoms with E-state index in [0.717, 1.165) is 40.6 Å². The van der Waals surface area contributed by atoms with E-state index in [9.17, 15) is 9.59 Å². The minimum Gasteiger partial charge on any atom is -0.449 e. The maximum atomic E-state index is 13.2. The van der Waals surface area contributed by atoms with Crippen LogP contribution in [-0.4, -0.2) is 52.3 Å². The number of urea groups is 1. The maximum Gasteiger partial charge on any atom is 0.418 e. The number of benzene rings is 1. The molecular formula is C22H34N6O3. The average molecular weight is 431 g/mol. The number of carbonyl (C=O) groups excluding carboxylic acids is 2. The second-order valence-corrected chi connectivity index (χ2v) is 7.47. The molecule has 3 amide bonds. The standard InChI is InChI=1S/C22H34N6O3/c1-4-6-13-28(25-20(23)24)21(29)27(22(30)31-15-7-5-2)14-12-17-16-26(3)19-11-9-8-10-18(17)19/h8-11,16H,4-7,12-15H2,1-3H3,(H4,23,24,25). The Hall–Kier alpha value is -3.23. The number of ether oxygens (including phenoxy) is 1. The molecule has 170 valence electrons. The topological polar surface area (TPSA) is 117 Å². The van der Waals surface area contributed by atoms with Crippen LogP contribution in [0.2, 0.25) is 0 Å². The Balaban J connectivity index is 2.22. The predicted octanol–water partition coefficient (Wildman–Crippen LogP) is 3.58. The van der Waals surface area contributed by atoms with Gasteiger partial charge in [-0.25, -0.2) is 19.5 Å². The highest BCUT2D eigenvalue weighted by Crippen LogP contribution is 2.21. The second kappa shape index (κ2) is 11.8. The number of hydrogen-bond acceptors (Lipinski definition) is 4. The molecule has 1 heterocycles. The fourth-order valence-electron chi connectivity index (χ4n) is 3.31. The van der Waals surface area contributed by atoms with E-state index in [-0.39, 0.29) is 19.1 Å². The quantitative estimate of drug-likeness (QED) is 0.243. The molecule has 9 nitrogen and oxygen atoms in total. The van der Waals surface area contributed by atoms with Crippen molar-refractivity contribution in [2.24, 2.45) is 12.8 Å². The number of para-hydroxylation sites is 1. The zero-order valence-electron chi connectivity index (χ0n) is 18.7. The first-order valence-electron chi connectivity index (χ1n) is 10.8. The first-order chi connectivity index (χ1) is 14.9. The largest absolute Gasteiger partial charge is 0.449 e. The van der Waals surface area contributed by atoms with Crippen LogP contribution in [0.15, 0.2) is 30.5 Å². The molecule has 0 unspecified atom stereocenters. The number of aryl methyl sites for hydroxylation is 1. The van der Waals surface area contributed by atoms with Gasteiger partial charge in [0.05, 0.1) is 6.61 Å². The molecule has 0 saturated heterocycles. The Kier molecular flexibility index (Phi) is 9.17. The van der Waals surface area contributed by atoms with E-state index >= 15 is 0 Å². The number of nitrogens with zero attached hydrogens (tertiary/aromatic N) is 3. The van der Waals surface area contributed by atoms with E-state index in [4.69, 9.17) is 15.9 Å². The molecule has 0 saturated carbocycles. The molecule has 2 rings (SSSR count). The molecule has 4 N–H and O–H groups in total. The maximum absolute atomic E-state index is 13.2. The summed E-state index contributed by atoms with van der Waals surface area (Å²) in [7, 11) is 1.97. The molecule has 0 spiro atoms. The van der Waals surface area contributed by atoms with Gasteiger partial charge >= 0.3 is 12.1 Å². The number of unbranched alkanes of at least 4 members (excludes halogenated alkanes) is 2. The summed E-state index contributed by atoms with van der Waals surface area (Å²) in [4.78, 5) is 27.0. The Morgan fingerprint density at radius 1 is 1.16 bits per heavy atom. The van der Waals surface area contributed by atoms with Gasteiger partial charge in [-0.3, -0.25) is 10.8 Å². The number of hydrogen-bond donors (Lipinski definition) is 3. The molecule has 0 fully saturated rings. The summed E-state index contributed by atoms with van der Waals surface area (Å²) in [6, 6.07) is 7.43. The lowest BCUT2D eigenvalue weighted by Gasteiger charge is -2.29. The van der Waals surface area contributed by atoms with Crippen LogP contribution in [0, 0.1) is 5.41 Å². The third kappa shape index (κ3) is 6.63. The van der Waals surface area contributed by atoms with Gasteiger partial charge in [0.25, 0.3) is 0 Å². The number of hydrazine groups is 1. The highest BCUT2D eigenvalue weighted by molar-refractivity contribution is 5.92. The van der Waals surface area contributed by atoms with Crippen LogP contribution in [-0.2, 0) is 18.2 Å². The predicted molar refractivity (Wildman–Crippen MR) is 122 cm³/mol. The van der Waals surface area contributed by atoms with Gasteiger partial charge < -0.3 is 15.0 Å². The first-order valence-corrected chi connectivity index (χ1v) is 10.8. The highest BCUT2D eigenvalue weighted by atomic mass is 16.6. The van der Waals surface area contributed by atoms with Crippen molar-refractivity contribution < 1.29 is 14.3 Å². The van der Waals surface area contributed by atoms with Crippen LogP contribution in [0.25, 0.3) is 10.9 Å². The number of nitrogens with one attached hydrogen (secondary N) is 2. The van der Waals surface area contributed by atoms with Gasteiger partial charge in [-0.05, 0) is 30.9 Å². The summed E-state index contributed by atoms with van der Waals surface area (Å²) in [5.41, 5.74) is 10.1. The smallest absolute Gasteiger partial charge is 0.418 e. The second-order valence-electron chi connectivity index (χ2n) is 7.47. The number of imide groups is 1. The van der Waals surface area contributed by atoms with Crippen molar-refractivity contribution in [1.82, 2.24) is 19.9 Å². The zero-order valence-corrected chi connectivity index (χ0v) is 18.7. The minimum atomic E-state index is -0.689. The van der Waals surface area contributed by atoms with Crippen LogP contribution in [0.5, 0.6) is 0 Å². The van der Waals surface area contributed by atoms with Gasteiger partial charge in [0.15, 0.2) is 0 Å². The Morgan fingerprint density at radius 3 is 2.55 bits per heavy atom. The molecule has 31 heavy (non-hydrogen) atoms. The van der Waals surface area contributed by atoms with E-state index in [2.05, 4.69) is 5.43 Å². The molecule has 0 aliphatic rings. The Bertz CT molecular complexity index is 894. The van der Waals surface area contributed by atoms with Gasteiger partial charge in [0.2, 0.25) is 5.96 Å². The van der Waals surface area contributed by atoms with Crippen molar-refractivity contribution in [3.05, 3.63) is 36.0 Å². The summed E-state index contributed by atoms with van der Waals surface area (Å²) < 4.78 is 7.36. The molecule has 0 aliphatic carbocycles. The van der Waals surface area contributed by atoms with Crippen molar-refractivity contribution in [2.45, 2.75) is 46.0 Å². The van der Waals surface area contributed by atoms with E-state index in [0.29, 0.717) is 19.4 Å². The number of aromatic nitrogens is 1. The van der Waals surface area contributed by atoms with Crippen LogP contribution < -0.4 is 11.2 Å². The fraction of sp³-hybridized carbons (Fsp3) is 0.500. The molecule has 1 aromatic carbocycles. The molecule has 0 bridgehead atoms. The fourth-order valence-corrected chi connectivity index (χ4v) is 3.31. The van der Waals surface area contributed by atoms with Crippen molar-refractivity contribution >= 4 is 29.0 Å². The van der Waals surface area contributed by atoms with E-state index in [1.54, 1.807) is 0 Å². The normalized spacial score (nSPS) is 10.7. The van der Waals surface area contributed by atoms with Crippen LogP contribution in [0.4, 0.5) is 9.59 Å². The Labute approximate surface area is 183 Å². The van der Waals surface area contributed by atoms with Gasteiger partial charge in [0.1, 0.15) is 0 Å². The van der Waals surface area contributed by atoms with Gasteiger partial charge in [0, 0.05) is 37.2 Å². The summed E-state index contributed by atoms with van der Waals surface area (Å²) in [6.45, 7) is 4.72. The van der Waals surface area contributed by atoms with E-state index < -0.39 is 12.1 Å². The third-order valence-electron chi connectivity index (χ3n) is 4.98. The summed E-state index contributed by atoms with van der Waals surface area (Å²) in [6.07, 6.45) is 4.96. The summed E-state index contributed by atoms with van der Waals surface area (Å²) >= 11 is 0. The molecule has 0 aliphatic heterocycles. The number of guanidine groups is 1. The highest BCUT2D eigenvalue weighted by Gasteiger charge is 2.28. The zero-order chi connectivity index (χ0) is 22.8. The monoisotopic (exact) mass is 430 g/mol. The number of carbonyl (C=O) groups is 2. The number of fused-ring (bicyclic) bond motifs is 1. The third-order valence-corrected chi connectivity index (χ3v) is 4.98. The number of rotatable bonds is 9. The van der Waals surface area contributed by atoms with E-state index in [1.807, 2.05) is 55.9 Å². The number of amides is 3. The average Bonchev–Trinajstić information content (AvgIpc) is 3.07. The lowest BCUT2D eigenvalue weighted by Crippen LogP contribution is -2.55. The van der Waals surface area contributed by atoms with Gasteiger partial charge in [-0.1, -0.05) is 44.9 Å². The molecule has 2 aromatic rings. The van der Waals surface area contributed by atoms with Crippen LogP contribution in [0.1, 0.15) is 45.1 Å². The van der Waals surface area contributed by atoms with Crippen LogP contribution in [0.3, 0.4) is 0 Å². The van der Waals surface area contributed by atoms with Gasteiger partial charge in [-0.15, -0.1) is 0 Å². The molecule has 9 heteroatoms. The summed E-state index contributed by atoms with van der Waals surface area (Å²) in [5.74, 6) is -0.363. The van der Waals surface area contributed by atoms with Crippen molar-refractivity contribution in [3.63, 3.8) is 0 Å². The van der Waals surface area contributed by atoms with Gasteiger partial charge in [-0.2, -0.15) is 0 Å². The Morgan fingerprint density at radius 2 is 1.87 bits per heavy atom. The molecular weight excluding hydrogens is 396 g/mol. The minimum absolute atomic E-state index is 0.153. The van der Waals surface area contributed by atoms with Crippen molar-refractivity contribution in [1.29, 1.82) is 5.41 Å². The molecule has 1 aromatic heterocycles. The SMILES string of the molecule is CCCCOC(=O)N(CCc1cn(C)c2ccccc12)C(=O)N(CCCC)NC(=N)N. The first kappa shape index (κ1) is 24.0. The van der Waals surface area contributed by atoms with E-state index in [1.165, 1.54) is 5.01 Å².